The van der Waals surface area contributed by atoms with E-state index >= 15 is 0 Å². The van der Waals surface area contributed by atoms with Crippen molar-refractivity contribution in [3.8, 4) is 11.4 Å². The molecule has 4 aromatic rings. The second kappa shape index (κ2) is 8.74. The van der Waals surface area contributed by atoms with E-state index in [1.54, 1.807) is 11.9 Å². The van der Waals surface area contributed by atoms with Crippen molar-refractivity contribution in [1.82, 2.24) is 15.0 Å². The number of carbonyl (C=O) groups excluding carboxylic acids is 1. The van der Waals surface area contributed by atoms with Gasteiger partial charge in [-0.1, -0.05) is 95.6 Å². The molecule has 5 nitrogen and oxygen atoms in total. The molecule has 0 saturated carbocycles. The number of hydrogen-bond acceptors (Lipinski definition) is 4. The fraction of sp³-hybridized carbons (Fsp3) is 0.160. The quantitative estimate of drug-likeness (QED) is 0.467. The molecule has 0 atom stereocenters. The van der Waals surface area contributed by atoms with Crippen molar-refractivity contribution in [1.29, 1.82) is 0 Å². The van der Waals surface area contributed by atoms with E-state index in [2.05, 4.69) is 10.1 Å². The summed E-state index contributed by atoms with van der Waals surface area (Å²) in [6, 6.07) is 27.5. The van der Waals surface area contributed by atoms with Gasteiger partial charge in [-0.2, -0.15) is 4.98 Å². The predicted octanol–water partition coefficient (Wildman–Crippen LogP) is 4.84. The Hall–Kier alpha value is -3.73. The van der Waals surface area contributed by atoms with E-state index in [4.69, 9.17) is 4.52 Å². The Morgan fingerprint density at radius 2 is 1.47 bits per heavy atom. The third kappa shape index (κ3) is 4.30. The fourth-order valence-corrected chi connectivity index (χ4v) is 3.41. The molecule has 0 aliphatic heterocycles. The normalized spacial score (nSPS) is 10.9. The molecule has 0 bridgehead atoms. The number of benzene rings is 3. The average molecular weight is 397 g/mol. The van der Waals surface area contributed by atoms with E-state index in [9.17, 15) is 4.79 Å². The van der Waals surface area contributed by atoms with Crippen molar-refractivity contribution in [2.45, 2.75) is 19.4 Å². The summed E-state index contributed by atoms with van der Waals surface area (Å²) in [4.78, 5) is 19.5. The van der Waals surface area contributed by atoms with Crippen LogP contribution in [0.2, 0.25) is 0 Å². The SMILES string of the molecule is Cc1ccc(-c2noc(CN(C)C(=O)C(c3ccccc3)c3ccccc3)n2)cc1. The molecule has 0 aliphatic carbocycles. The Morgan fingerprint density at radius 1 is 0.900 bits per heavy atom. The van der Waals surface area contributed by atoms with Gasteiger partial charge in [0.15, 0.2) is 0 Å². The molecular formula is C25H23N3O2. The van der Waals surface area contributed by atoms with Crippen LogP contribution in [0.15, 0.2) is 89.5 Å². The van der Waals surface area contributed by atoms with Crippen LogP contribution in [0.4, 0.5) is 0 Å². The van der Waals surface area contributed by atoms with Gasteiger partial charge in [0.2, 0.25) is 17.6 Å². The summed E-state index contributed by atoms with van der Waals surface area (Å²) in [5, 5.41) is 4.07. The first kappa shape index (κ1) is 19.6. The first-order valence-electron chi connectivity index (χ1n) is 9.86. The van der Waals surface area contributed by atoms with E-state index in [-0.39, 0.29) is 12.5 Å². The number of aryl methyl sites for hydroxylation is 1. The summed E-state index contributed by atoms with van der Waals surface area (Å²) in [7, 11) is 1.76. The van der Waals surface area contributed by atoms with Crippen LogP contribution < -0.4 is 0 Å². The Morgan fingerprint density at radius 3 is 2.03 bits per heavy atom. The van der Waals surface area contributed by atoms with Crippen molar-refractivity contribution < 1.29 is 9.32 Å². The van der Waals surface area contributed by atoms with Crippen LogP contribution in [0.3, 0.4) is 0 Å². The predicted molar refractivity (Wildman–Crippen MR) is 116 cm³/mol. The molecule has 4 rings (SSSR count). The Labute approximate surface area is 176 Å². The minimum atomic E-state index is -0.392. The summed E-state index contributed by atoms with van der Waals surface area (Å²) in [6.07, 6.45) is 0. The maximum absolute atomic E-state index is 13.4. The zero-order valence-corrected chi connectivity index (χ0v) is 17.0. The van der Waals surface area contributed by atoms with Crippen molar-refractivity contribution in [2.75, 3.05) is 7.05 Å². The first-order chi connectivity index (χ1) is 14.6. The lowest BCUT2D eigenvalue weighted by Crippen LogP contribution is -2.32. The van der Waals surface area contributed by atoms with Gasteiger partial charge in [0, 0.05) is 12.6 Å². The summed E-state index contributed by atoms with van der Waals surface area (Å²) in [6.45, 7) is 2.27. The number of carbonyl (C=O) groups is 1. The van der Waals surface area contributed by atoms with Gasteiger partial charge >= 0.3 is 0 Å². The van der Waals surface area contributed by atoms with Gasteiger partial charge in [-0.05, 0) is 18.1 Å². The molecule has 1 aromatic heterocycles. The van der Waals surface area contributed by atoms with Crippen molar-refractivity contribution >= 4 is 5.91 Å². The monoisotopic (exact) mass is 397 g/mol. The highest BCUT2D eigenvalue weighted by atomic mass is 16.5. The number of amides is 1. The Kier molecular flexibility index (Phi) is 5.70. The van der Waals surface area contributed by atoms with Gasteiger partial charge in [0.25, 0.3) is 0 Å². The summed E-state index contributed by atoms with van der Waals surface area (Å²) >= 11 is 0. The molecule has 0 radical (unpaired) electrons. The minimum absolute atomic E-state index is 0.0255. The highest BCUT2D eigenvalue weighted by Crippen LogP contribution is 2.27. The van der Waals surface area contributed by atoms with Crippen LogP contribution in [-0.2, 0) is 11.3 Å². The molecule has 0 saturated heterocycles. The van der Waals surface area contributed by atoms with Gasteiger partial charge < -0.3 is 9.42 Å². The standard InChI is InChI=1S/C25H23N3O2/c1-18-13-15-21(16-14-18)24-26-22(30-27-24)17-28(2)25(29)23(19-9-5-3-6-10-19)20-11-7-4-8-12-20/h3-16,23H,17H2,1-2H3. The number of aromatic nitrogens is 2. The summed E-state index contributed by atoms with van der Waals surface area (Å²) in [5.74, 6) is 0.509. The number of hydrogen-bond donors (Lipinski definition) is 0. The summed E-state index contributed by atoms with van der Waals surface area (Å²) < 4.78 is 5.41. The third-order valence-corrected chi connectivity index (χ3v) is 5.04. The second-order valence-corrected chi connectivity index (χ2v) is 7.33. The maximum Gasteiger partial charge on any atom is 0.246 e. The van der Waals surface area contributed by atoms with Crippen LogP contribution in [0.25, 0.3) is 11.4 Å². The zero-order chi connectivity index (χ0) is 20.9. The van der Waals surface area contributed by atoms with E-state index in [0.717, 1.165) is 16.7 Å². The van der Waals surface area contributed by atoms with E-state index < -0.39 is 5.92 Å². The van der Waals surface area contributed by atoms with Crippen LogP contribution in [0.5, 0.6) is 0 Å². The number of nitrogens with zero attached hydrogens (tertiary/aromatic N) is 3. The molecule has 0 N–H and O–H groups in total. The minimum Gasteiger partial charge on any atom is -0.337 e. The van der Waals surface area contributed by atoms with Crippen LogP contribution in [0.1, 0.15) is 28.5 Å². The molecule has 30 heavy (non-hydrogen) atoms. The van der Waals surface area contributed by atoms with Gasteiger partial charge in [-0.25, -0.2) is 0 Å². The molecule has 0 fully saturated rings. The molecule has 0 aliphatic rings. The lowest BCUT2D eigenvalue weighted by Gasteiger charge is -2.23. The molecule has 150 valence electrons. The van der Waals surface area contributed by atoms with Crippen LogP contribution in [0, 0.1) is 6.92 Å². The molecule has 1 amide bonds. The molecule has 0 spiro atoms. The highest BCUT2D eigenvalue weighted by molar-refractivity contribution is 5.87. The third-order valence-electron chi connectivity index (χ3n) is 5.04. The summed E-state index contributed by atoms with van der Waals surface area (Å²) in [5.41, 5.74) is 3.95. The molecule has 1 heterocycles. The maximum atomic E-state index is 13.4. The van der Waals surface area contributed by atoms with Crippen molar-refractivity contribution in [3.63, 3.8) is 0 Å². The smallest absolute Gasteiger partial charge is 0.246 e. The topological polar surface area (TPSA) is 59.2 Å². The zero-order valence-electron chi connectivity index (χ0n) is 17.0. The lowest BCUT2D eigenvalue weighted by atomic mass is 9.90. The largest absolute Gasteiger partial charge is 0.337 e. The second-order valence-electron chi connectivity index (χ2n) is 7.33. The van der Waals surface area contributed by atoms with E-state index in [1.165, 1.54) is 5.56 Å². The van der Waals surface area contributed by atoms with Crippen LogP contribution in [-0.4, -0.2) is 28.0 Å². The lowest BCUT2D eigenvalue weighted by molar-refractivity contribution is -0.131. The Bertz CT molecular complexity index is 1070. The highest BCUT2D eigenvalue weighted by Gasteiger charge is 2.26. The first-order valence-corrected chi connectivity index (χ1v) is 9.86. The fourth-order valence-electron chi connectivity index (χ4n) is 3.41. The van der Waals surface area contributed by atoms with E-state index in [1.807, 2.05) is 91.9 Å². The molecule has 5 heteroatoms. The average Bonchev–Trinajstić information content (AvgIpc) is 3.24. The van der Waals surface area contributed by atoms with Gasteiger partial charge in [-0.3, -0.25) is 4.79 Å². The van der Waals surface area contributed by atoms with Gasteiger partial charge in [0.1, 0.15) is 0 Å². The molecular weight excluding hydrogens is 374 g/mol. The van der Waals surface area contributed by atoms with Crippen molar-refractivity contribution in [2.24, 2.45) is 0 Å². The molecule has 0 unspecified atom stereocenters. The van der Waals surface area contributed by atoms with E-state index in [0.29, 0.717) is 11.7 Å². The number of likely N-dealkylation sites (N-methyl/N-ethyl adjacent to an activating group) is 1. The van der Waals surface area contributed by atoms with Gasteiger partial charge in [-0.15, -0.1) is 0 Å². The number of rotatable bonds is 6. The van der Waals surface area contributed by atoms with Gasteiger partial charge in [0.05, 0.1) is 12.5 Å². The molecule has 3 aromatic carbocycles. The van der Waals surface area contributed by atoms with Crippen LogP contribution >= 0.6 is 0 Å². The Balaban J connectivity index is 1.55. The van der Waals surface area contributed by atoms with Crippen molar-refractivity contribution in [3.05, 3.63) is 108 Å².